The second-order valence-electron chi connectivity index (χ2n) is 5.68. The van der Waals surface area contributed by atoms with E-state index in [0.717, 1.165) is 11.9 Å². The van der Waals surface area contributed by atoms with Crippen molar-refractivity contribution in [2.24, 2.45) is 0 Å². The Morgan fingerprint density at radius 2 is 1.76 bits per heavy atom. The normalized spacial score (nSPS) is 10.3. The van der Waals surface area contributed by atoms with Crippen molar-refractivity contribution in [2.45, 2.75) is 6.92 Å². The molecule has 0 saturated heterocycles. The number of pyridine rings is 1. The highest BCUT2D eigenvalue weighted by Gasteiger charge is 2.19. The number of aryl methyl sites for hydroxylation is 1. The van der Waals surface area contributed by atoms with Crippen LogP contribution >= 0.6 is 59.4 Å². The third-order valence-corrected chi connectivity index (χ3v) is 5.38. The van der Waals surface area contributed by atoms with Crippen molar-refractivity contribution >= 4 is 86.9 Å². The Hall–Kier alpha value is -1.97. The summed E-state index contributed by atoms with van der Waals surface area (Å²) in [7, 11) is 0. The molecule has 0 aliphatic heterocycles. The Morgan fingerprint density at radius 3 is 2.41 bits per heavy atom. The summed E-state index contributed by atoms with van der Waals surface area (Å²) in [6.07, 6.45) is 2.54. The van der Waals surface area contributed by atoms with Gasteiger partial charge in [0, 0.05) is 23.0 Å². The molecule has 3 heterocycles. The number of aromatic nitrogens is 4. The van der Waals surface area contributed by atoms with E-state index in [1.165, 1.54) is 17.7 Å². The minimum Gasteiger partial charge on any atom is -0.399 e. The highest BCUT2D eigenvalue weighted by Crippen LogP contribution is 2.42. The van der Waals surface area contributed by atoms with Crippen molar-refractivity contribution in [2.75, 3.05) is 11.1 Å². The fourth-order valence-electron chi connectivity index (χ4n) is 2.52. The topological polar surface area (TPSA) is 89.6 Å². The van der Waals surface area contributed by atoms with Crippen molar-refractivity contribution in [1.29, 1.82) is 0 Å². The third-order valence-electron chi connectivity index (χ3n) is 3.70. The van der Waals surface area contributed by atoms with E-state index in [4.69, 9.17) is 28.9 Å². The molecular formula is C17H13Cl4FN6S. The van der Waals surface area contributed by atoms with Crippen LogP contribution in [0.5, 0.6) is 0 Å². The zero-order chi connectivity index (χ0) is 19.1. The summed E-state index contributed by atoms with van der Waals surface area (Å²) in [6.45, 7) is 1.84. The van der Waals surface area contributed by atoms with Gasteiger partial charge in [0.2, 0.25) is 0 Å². The molecule has 152 valence electrons. The van der Waals surface area contributed by atoms with E-state index in [-0.39, 0.29) is 30.3 Å². The molecule has 0 saturated carbocycles. The second kappa shape index (κ2) is 9.23. The van der Waals surface area contributed by atoms with Gasteiger partial charge in [-0.15, -0.1) is 36.2 Å². The number of thiazole rings is 1. The van der Waals surface area contributed by atoms with Gasteiger partial charge in [-0.25, -0.2) is 24.3 Å². The van der Waals surface area contributed by atoms with Crippen LogP contribution in [-0.4, -0.2) is 19.9 Å². The van der Waals surface area contributed by atoms with Crippen LogP contribution in [0.1, 0.15) is 5.69 Å². The zero-order valence-corrected chi connectivity index (χ0v) is 18.6. The number of nitrogens with zero attached hydrogens (tertiary/aromatic N) is 4. The highest BCUT2D eigenvalue weighted by molar-refractivity contribution is 7.22. The molecule has 29 heavy (non-hydrogen) atoms. The molecule has 0 fully saturated rings. The molecule has 4 aromatic rings. The van der Waals surface area contributed by atoms with Gasteiger partial charge in [-0.3, -0.25) is 0 Å². The molecule has 1 aromatic carbocycles. The second-order valence-corrected chi connectivity index (χ2v) is 7.49. The fourth-order valence-corrected chi connectivity index (χ4v) is 4.41. The molecule has 0 aliphatic rings. The van der Waals surface area contributed by atoms with Crippen LogP contribution in [-0.2, 0) is 0 Å². The van der Waals surface area contributed by atoms with E-state index in [1.54, 1.807) is 18.2 Å². The summed E-state index contributed by atoms with van der Waals surface area (Å²) in [5.74, 6) is 0.428. The van der Waals surface area contributed by atoms with Crippen molar-refractivity contribution < 1.29 is 4.39 Å². The lowest BCUT2D eigenvalue weighted by molar-refractivity contribution is 0.632. The van der Waals surface area contributed by atoms with Gasteiger partial charge in [-0.05, 0) is 19.1 Å². The molecule has 0 unspecified atom stereocenters. The largest absolute Gasteiger partial charge is 0.399 e. The van der Waals surface area contributed by atoms with E-state index in [9.17, 15) is 4.39 Å². The van der Waals surface area contributed by atoms with Gasteiger partial charge in [-0.2, -0.15) is 0 Å². The molecule has 6 nitrogen and oxygen atoms in total. The van der Waals surface area contributed by atoms with Gasteiger partial charge in [-0.1, -0.05) is 23.2 Å². The Balaban J connectivity index is 0.00000150. The van der Waals surface area contributed by atoms with Crippen LogP contribution < -0.4 is 11.1 Å². The predicted octanol–water partition coefficient (Wildman–Crippen LogP) is 6.07. The molecule has 0 aliphatic carbocycles. The molecular weight excluding hydrogens is 481 g/mol. The van der Waals surface area contributed by atoms with Gasteiger partial charge in [0.15, 0.2) is 11.6 Å². The summed E-state index contributed by atoms with van der Waals surface area (Å²) >= 11 is 13.8. The van der Waals surface area contributed by atoms with Crippen LogP contribution in [0.3, 0.4) is 0 Å². The number of hydrogen-bond acceptors (Lipinski definition) is 7. The monoisotopic (exact) mass is 492 g/mol. The molecule has 0 amide bonds. The first-order valence-corrected chi connectivity index (χ1v) is 9.25. The quantitative estimate of drug-likeness (QED) is 0.336. The molecule has 3 N–H and O–H groups in total. The highest BCUT2D eigenvalue weighted by atomic mass is 35.5. The molecule has 0 radical (unpaired) electrons. The number of nitrogens with two attached hydrogens (primary N) is 1. The first-order chi connectivity index (χ1) is 12.9. The number of nitrogens with one attached hydrogen (secondary N) is 1. The van der Waals surface area contributed by atoms with Crippen LogP contribution in [0.4, 0.5) is 21.7 Å². The molecule has 0 atom stereocenters. The first-order valence-electron chi connectivity index (χ1n) is 7.68. The number of hydrogen-bond donors (Lipinski definition) is 2. The Kier molecular flexibility index (Phi) is 7.42. The maximum atomic E-state index is 14.3. The number of benzene rings is 1. The first kappa shape index (κ1) is 23.3. The Morgan fingerprint density at radius 1 is 1.07 bits per heavy atom. The molecule has 3 aromatic heterocycles. The van der Waals surface area contributed by atoms with Crippen molar-refractivity contribution in [1.82, 2.24) is 19.9 Å². The van der Waals surface area contributed by atoms with Crippen molar-refractivity contribution in [3.05, 3.63) is 52.3 Å². The number of halogens is 5. The lowest BCUT2D eigenvalue weighted by atomic mass is 10.2. The molecule has 0 bridgehead atoms. The predicted molar refractivity (Wildman–Crippen MR) is 122 cm³/mol. The van der Waals surface area contributed by atoms with Crippen LogP contribution in [0.2, 0.25) is 10.0 Å². The van der Waals surface area contributed by atoms with Gasteiger partial charge < -0.3 is 11.1 Å². The SMILES string of the molecule is Cc1cc(Nc2ncc(F)c3nc(-c4c(Cl)cc(N)cc4Cl)sc23)ncn1.Cl.Cl. The minimum absolute atomic E-state index is 0. The molecule has 0 spiro atoms. The number of nitrogen functional groups attached to an aromatic ring is 1. The maximum absolute atomic E-state index is 14.3. The Bertz CT molecular complexity index is 1160. The van der Waals surface area contributed by atoms with E-state index in [1.807, 2.05) is 6.92 Å². The fraction of sp³-hybridized carbons (Fsp3) is 0.0588. The minimum atomic E-state index is -0.542. The van der Waals surface area contributed by atoms with E-state index >= 15 is 0 Å². The van der Waals surface area contributed by atoms with E-state index in [2.05, 4.69) is 25.3 Å². The average Bonchev–Trinajstić information content (AvgIpc) is 3.02. The summed E-state index contributed by atoms with van der Waals surface area (Å²) in [6, 6.07) is 4.91. The summed E-state index contributed by atoms with van der Waals surface area (Å²) < 4.78 is 14.8. The van der Waals surface area contributed by atoms with Gasteiger partial charge in [0.1, 0.15) is 27.4 Å². The molecule has 12 heteroatoms. The third kappa shape index (κ3) is 4.62. The van der Waals surface area contributed by atoms with Crippen LogP contribution in [0, 0.1) is 12.7 Å². The number of anilines is 3. The van der Waals surface area contributed by atoms with Gasteiger partial charge in [0.25, 0.3) is 0 Å². The summed E-state index contributed by atoms with van der Waals surface area (Å²) in [5.41, 5.74) is 7.64. The standard InChI is InChI=1S/C17H11Cl2FN6S.2ClH/c1-7-2-12(24-6-23-7)25-16-15-14(11(20)5-22-16)26-17(27-15)13-9(18)3-8(21)4-10(13)19;;/h2-6H,21H2,1H3,(H,22,23,24,25);2*1H. The average molecular weight is 494 g/mol. The van der Waals surface area contributed by atoms with Crippen molar-refractivity contribution in [3.8, 4) is 10.6 Å². The number of rotatable bonds is 3. The smallest absolute Gasteiger partial charge is 0.168 e. The number of fused-ring (bicyclic) bond motifs is 1. The maximum Gasteiger partial charge on any atom is 0.168 e. The lowest BCUT2D eigenvalue weighted by Crippen LogP contribution is -1.98. The summed E-state index contributed by atoms with van der Waals surface area (Å²) in [4.78, 5) is 16.7. The van der Waals surface area contributed by atoms with Crippen LogP contribution in [0.25, 0.3) is 20.8 Å². The zero-order valence-electron chi connectivity index (χ0n) is 14.6. The van der Waals surface area contributed by atoms with E-state index in [0.29, 0.717) is 42.6 Å². The lowest BCUT2D eigenvalue weighted by Gasteiger charge is -2.05. The van der Waals surface area contributed by atoms with Gasteiger partial charge in [0.05, 0.1) is 16.2 Å². The van der Waals surface area contributed by atoms with E-state index < -0.39 is 5.82 Å². The van der Waals surface area contributed by atoms with Crippen molar-refractivity contribution in [3.63, 3.8) is 0 Å². The molecule has 4 rings (SSSR count). The Labute approximate surface area is 191 Å². The van der Waals surface area contributed by atoms with Gasteiger partial charge >= 0.3 is 0 Å². The summed E-state index contributed by atoms with van der Waals surface area (Å²) in [5, 5.41) is 4.22. The van der Waals surface area contributed by atoms with Crippen LogP contribution in [0.15, 0.2) is 30.7 Å².